The molecule has 0 aliphatic carbocycles. The first-order valence-corrected chi connectivity index (χ1v) is 4.70. The van der Waals surface area contributed by atoms with Gasteiger partial charge in [-0.05, 0) is 40.5 Å². The quantitative estimate of drug-likeness (QED) is 0.840. The van der Waals surface area contributed by atoms with Crippen LogP contribution in [0.25, 0.3) is 0 Å². The van der Waals surface area contributed by atoms with Crippen LogP contribution < -0.4 is 5.73 Å². The summed E-state index contributed by atoms with van der Waals surface area (Å²) in [6.45, 7) is 1.57. The number of aliphatic hydroxyl groups is 1. The zero-order valence-electron chi connectivity index (χ0n) is 7.17. The predicted molar refractivity (Wildman–Crippen MR) is 52.7 cm³/mol. The molecule has 13 heavy (non-hydrogen) atoms. The van der Waals surface area contributed by atoms with E-state index >= 15 is 0 Å². The van der Waals surface area contributed by atoms with Gasteiger partial charge in [-0.1, -0.05) is 6.07 Å². The molecule has 1 aromatic rings. The first-order chi connectivity index (χ1) is 6.02. The summed E-state index contributed by atoms with van der Waals surface area (Å²) in [5.74, 6) is -0.367. The first kappa shape index (κ1) is 10.6. The largest absolute Gasteiger partial charge is 0.391 e. The van der Waals surface area contributed by atoms with E-state index in [9.17, 15) is 9.50 Å². The topological polar surface area (TPSA) is 46.2 Å². The molecule has 1 aromatic carbocycles. The molecule has 0 spiro atoms. The summed E-state index contributed by atoms with van der Waals surface area (Å²) < 4.78 is 13.4. The normalized spacial score (nSPS) is 15.5. The Bertz CT molecular complexity index is 304. The molecule has 0 bridgehead atoms. The Morgan fingerprint density at radius 2 is 2.15 bits per heavy atom. The Balaban J connectivity index is 2.97. The number of nitrogens with two attached hydrogens (primary N) is 1. The lowest BCUT2D eigenvalue weighted by atomic mass is 10.0. The zero-order valence-corrected chi connectivity index (χ0v) is 8.75. The van der Waals surface area contributed by atoms with Gasteiger partial charge >= 0.3 is 0 Å². The van der Waals surface area contributed by atoms with E-state index in [1.165, 1.54) is 6.07 Å². The second-order valence-corrected chi connectivity index (χ2v) is 3.79. The van der Waals surface area contributed by atoms with Crippen LogP contribution in [0.1, 0.15) is 18.5 Å². The van der Waals surface area contributed by atoms with E-state index in [1.807, 2.05) is 0 Å². The fraction of sp³-hybridized carbons (Fsp3) is 0.333. The van der Waals surface area contributed by atoms with Gasteiger partial charge in [0.05, 0.1) is 16.6 Å². The van der Waals surface area contributed by atoms with Crippen molar-refractivity contribution in [1.82, 2.24) is 0 Å². The van der Waals surface area contributed by atoms with E-state index in [-0.39, 0.29) is 5.82 Å². The molecule has 0 aliphatic heterocycles. The molecule has 72 valence electrons. The van der Waals surface area contributed by atoms with Crippen molar-refractivity contribution < 1.29 is 9.50 Å². The Hall–Kier alpha value is -0.450. The fourth-order valence-corrected chi connectivity index (χ4v) is 1.24. The third-order valence-corrected chi connectivity index (χ3v) is 2.49. The molecule has 0 saturated carbocycles. The molecule has 3 N–H and O–H groups in total. The zero-order chi connectivity index (χ0) is 10.0. The van der Waals surface area contributed by atoms with Crippen molar-refractivity contribution in [2.75, 3.05) is 0 Å². The SMILES string of the molecule is C[C@@H](O)[C@H](N)c1ccc(Br)c(F)c1. The van der Waals surface area contributed by atoms with Gasteiger partial charge in [0.2, 0.25) is 0 Å². The lowest BCUT2D eigenvalue weighted by molar-refractivity contribution is 0.164. The van der Waals surface area contributed by atoms with Crippen LogP contribution in [-0.4, -0.2) is 11.2 Å². The highest BCUT2D eigenvalue weighted by atomic mass is 79.9. The van der Waals surface area contributed by atoms with Crippen molar-refractivity contribution >= 4 is 15.9 Å². The molecule has 0 aromatic heterocycles. The average Bonchev–Trinajstić information content (AvgIpc) is 2.08. The van der Waals surface area contributed by atoms with E-state index in [2.05, 4.69) is 15.9 Å². The van der Waals surface area contributed by atoms with E-state index in [0.717, 1.165) is 0 Å². The standard InChI is InChI=1S/C9H11BrFNO/c1-5(13)9(12)6-2-3-7(10)8(11)4-6/h2-5,9,13H,12H2,1H3/t5-,9+/m1/s1. The maximum atomic E-state index is 13.0. The number of aliphatic hydroxyl groups excluding tert-OH is 1. The highest BCUT2D eigenvalue weighted by molar-refractivity contribution is 9.10. The minimum absolute atomic E-state index is 0.367. The summed E-state index contributed by atoms with van der Waals surface area (Å²) in [6.07, 6.45) is -0.680. The van der Waals surface area contributed by atoms with Gasteiger partial charge in [-0.3, -0.25) is 0 Å². The molecule has 0 unspecified atom stereocenters. The van der Waals surface area contributed by atoms with Crippen LogP contribution in [-0.2, 0) is 0 Å². The minimum atomic E-state index is -0.680. The van der Waals surface area contributed by atoms with Gasteiger partial charge in [0, 0.05) is 0 Å². The molecule has 4 heteroatoms. The average molecular weight is 248 g/mol. The minimum Gasteiger partial charge on any atom is -0.391 e. The highest BCUT2D eigenvalue weighted by Crippen LogP contribution is 2.21. The molecule has 2 nitrogen and oxygen atoms in total. The van der Waals surface area contributed by atoms with Crippen LogP contribution in [0.2, 0.25) is 0 Å². The van der Waals surface area contributed by atoms with Crippen LogP contribution in [0.4, 0.5) is 4.39 Å². The van der Waals surface area contributed by atoms with E-state index < -0.39 is 12.1 Å². The second kappa shape index (κ2) is 4.17. The van der Waals surface area contributed by atoms with E-state index in [1.54, 1.807) is 19.1 Å². The molecule has 0 heterocycles. The van der Waals surface area contributed by atoms with Crippen molar-refractivity contribution in [3.05, 3.63) is 34.1 Å². The predicted octanol–water partition coefficient (Wildman–Crippen LogP) is 1.97. The van der Waals surface area contributed by atoms with Crippen molar-refractivity contribution in [2.24, 2.45) is 5.73 Å². The van der Waals surface area contributed by atoms with Gasteiger partial charge in [0.25, 0.3) is 0 Å². The third kappa shape index (κ3) is 2.49. The molecule has 0 amide bonds. The summed E-state index contributed by atoms with van der Waals surface area (Å²) in [6, 6.07) is 4.04. The maximum Gasteiger partial charge on any atom is 0.137 e. The Morgan fingerprint density at radius 1 is 1.54 bits per heavy atom. The number of hydrogen-bond acceptors (Lipinski definition) is 2. The number of halogens is 2. The van der Waals surface area contributed by atoms with Gasteiger partial charge in [-0.25, -0.2) is 4.39 Å². The van der Waals surface area contributed by atoms with Crippen LogP contribution >= 0.6 is 15.9 Å². The summed E-state index contributed by atoms with van der Waals surface area (Å²) in [5, 5.41) is 9.18. The fourth-order valence-electron chi connectivity index (χ4n) is 0.998. The summed E-state index contributed by atoms with van der Waals surface area (Å²) in [4.78, 5) is 0. The van der Waals surface area contributed by atoms with E-state index in [4.69, 9.17) is 5.73 Å². The number of rotatable bonds is 2. The third-order valence-electron chi connectivity index (χ3n) is 1.85. The summed E-state index contributed by atoms with van der Waals surface area (Å²) in [7, 11) is 0. The number of hydrogen-bond donors (Lipinski definition) is 2. The lowest BCUT2D eigenvalue weighted by Gasteiger charge is -2.15. The van der Waals surface area contributed by atoms with Gasteiger partial charge in [-0.15, -0.1) is 0 Å². The maximum absolute atomic E-state index is 13.0. The molecule has 1 rings (SSSR count). The van der Waals surface area contributed by atoms with Crippen LogP contribution in [0.3, 0.4) is 0 Å². The number of benzene rings is 1. The van der Waals surface area contributed by atoms with Crippen LogP contribution in [0.5, 0.6) is 0 Å². The molecule has 0 radical (unpaired) electrons. The monoisotopic (exact) mass is 247 g/mol. The van der Waals surface area contributed by atoms with Crippen molar-refractivity contribution in [2.45, 2.75) is 19.1 Å². The second-order valence-electron chi connectivity index (χ2n) is 2.94. The van der Waals surface area contributed by atoms with Gasteiger partial charge < -0.3 is 10.8 Å². The van der Waals surface area contributed by atoms with Crippen molar-refractivity contribution in [3.8, 4) is 0 Å². The van der Waals surface area contributed by atoms with Crippen LogP contribution in [0, 0.1) is 5.82 Å². The highest BCUT2D eigenvalue weighted by Gasteiger charge is 2.13. The van der Waals surface area contributed by atoms with Gasteiger partial charge in [-0.2, -0.15) is 0 Å². The smallest absolute Gasteiger partial charge is 0.137 e. The molecule has 0 saturated heterocycles. The first-order valence-electron chi connectivity index (χ1n) is 3.91. The Labute approximate surface area is 84.7 Å². The molecular weight excluding hydrogens is 237 g/mol. The molecule has 2 atom stereocenters. The Morgan fingerprint density at radius 3 is 2.62 bits per heavy atom. The van der Waals surface area contributed by atoms with E-state index in [0.29, 0.717) is 10.0 Å². The lowest BCUT2D eigenvalue weighted by Crippen LogP contribution is -2.23. The molecule has 0 aliphatic rings. The van der Waals surface area contributed by atoms with Crippen LogP contribution in [0.15, 0.2) is 22.7 Å². The van der Waals surface area contributed by atoms with Gasteiger partial charge in [0.1, 0.15) is 5.82 Å². The Kier molecular flexibility index (Phi) is 3.41. The summed E-state index contributed by atoms with van der Waals surface area (Å²) in [5.41, 5.74) is 6.22. The summed E-state index contributed by atoms with van der Waals surface area (Å²) >= 11 is 3.04. The molecular formula is C9H11BrFNO. The van der Waals surface area contributed by atoms with Crippen molar-refractivity contribution in [3.63, 3.8) is 0 Å². The van der Waals surface area contributed by atoms with Gasteiger partial charge in [0.15, 0.2) is 0 Å². The molecule has 0 fully saturated rings. The van der Waals surface area contributed by atoms with Crippen molar-refractivity contribution in [1.29, 1.82) is 0 Å².